The monoisotopic (exact) mass is 1010 g/mol. The molecule has 0 spiro atoms. The van der Waals surface area contributed by atoms with Crippen molar-refractivity contribution in [2.24, 2.45) is 0 Å². The van der Waals surface area contributed by atoms with Gasteiger partial charge in [0.2, 0.25) is 0 Å². The van der Waals surface area contributed by atoms with Crippen molar-refractivity contribution >= 4 is 99.0 Å². The molecule has 0 fully saturated rings. The van der Waals surface area contributed by atoms with E-state index >= 15 is 0 Å². The first-order valence-electron chi connectivity index (χ1n) is 27.2. The largest absolute Gasteiger partial charge is 0.310 e. The van der Waals surface area contributed by atoms with Crippen LogP contribution in [0.25, 0.3) is 104 Å². The first kappa shape index (κ1) is 45.9. The molecule has 79 heavy (non-hydrogen) atoms. The first-order valence-corrected chi connectivity index (χ1v) is 27.2. The third kappa shape index (κ3) is 7.99. The maximum Gasteiger partial charge on any atom is 0.0541 e. The summed E-state index contributed by atoms with van der Waals surface area (Å²) in [6, 6.07) is 113. The van der Waals surface area contributed by atoms with Crippen molar-refractivity contribution in [1.29, 1.82) is 0 Å². The average molecular weight is 1010 g/mol. The topological polar surface area (TPSA) is 11.4 Å². The lowest BCUT2D eigenvalue weighted by Gasteiger charge is -2.28. The molecule has 3 nitrogen and oxygen atoms in total. The summed E-state index contributed by atoms with van der Waals surface area (Å²) in [6.45, 7) is 0. The molecule has 1 heterocycles. The number of nitrogens with zero attached hydrogens (tertiary/aromatic N) is 3. The van der Waals surface area contributed by atoms with Gasteiger partial charge in [-0.3, -0.25) is 0 Å². The normalized spacial score (nSPS) is 11.5. The lowest BCUT2D eigenvalue weighted by Crippen LogP contribution is -2.10. The van der Waals surface area contributed by atoms with Crippen LogP contribution in [0.2, 0.25) is 0 Å². The molecule has 0 saturated carbocycles. The van der Waals surface area contributed by atoms with E-state index in [-0.39, 0.29) is 0 Å². The van der Waals surface area contributed by atoms with E-state index in [9.17, 15) is 0 Å². The summed E-state index contributed by atoms with van der Waals surface area (Å²) < 4.78 is 2.37. The average Bonchev–Trinajstić information content (AvgIpc) is 3.95. The summed E-state index contributed by atoms with van der Waals surface area (Å²) in [4.78, 5) is 4.76. The molecule has 0 radical (unpaired) electrons. The van der Waals surface area contributed by atoms with Crippen LogP contribution >= 0.6 is 0 Å². The standard InChI is InChI=1S/C76H51N3/c1-4-18-57(19-5-1)78(58-20-6-2-7-21-58)75-49-47-63(64-24-14-15-29-70(64)75)55-38-43-61(44-39-55)77(62-45-46-69-67-27-11-10-25-65(67)66-26-12-13-28-68(66)72(69)51-62)60-41-36-53(37-42-60)52-32-34-54(35-33-52)56-40-48-76-73(50-56)71-30-16-17-31-74(71)79(76)59-22-8-3-9-23-59/h1-51H. The van der Waals surface area contributed by atoms with Gasteiger partial charge in [-0.15, -0.1) is 0 Å². The molecule has 0 unspecified atom stereocenters. The second kappa shape index (κ2) is 19.3. The van der Waals surface area contributed by atoms with E-state index in [1.54, 1.807) is 0 Å². The number of rotatable bonds is 10. The summed E-state index contributed by atoms with van der Waals surface area (Å²) in [5.74, 6) is 0. The third-order valence-electron chi connectivity index (χ3n) is 16.0. The van der Waals surface area contributed by atoms with Gasteiger partial charge in [-0.2, -0.15) is 0 Å². The van der Waals surface area contributed by atoms with Crippen molar-refractivity contribution in [3.05, 3.63) is 309 Å². The molecular formula is C76H51N3. The molecule has 0 aliphatic heterocycles. The van der Waals surface area contributed by atoms with E-state index < -0.39 is 0 Å². The van der Waals surface area contributed by atoms with Crippen molar-refractivity contribution in [2.75, 3.05) is 9.80 Å². The highest BCUT2D eigenvalue weighted by Gasteiger charge is 2.20. The smallest absolute Gasteiger partial charge is 0.0541 e. The van der Waals surface area contributed by atoms with Gasteiger partial charge in [0.25, 0.3) is 0 Å². The van der Waals surface area contributed by atoms with Gasteiger partial charge in [0.1, 0.15) is 0 Å². The Labute approximate surface area is 459 Å². The van der Waals surface area contributed by atoms with Gasteiger partial charge in [-0.25, -0.2) is 0 Å². The molecule has 0 bridgehead atoms. The van der Waals surface area contributed by atoms with Crippen LogP contribution in [0.15, 0.2) is 309 Å². The highest BCUT2D eigenvalue weighted by Crippen LogP contribution is 2.45. The first-order chi connectivity index (χ1) is 39.2. The lowest BCUT2D eigenvalue weighted by atomic mass is 9.93. The molecule has 3 heteroatoms. The zero-order valence-corrected chi connectivity index (χ0v) is 43.3. The number of aromatic nitrogens is 1. The van der Waals surface area contributed by atoms with Crippen LogP contribution in [0, 0.1) is 0 Å². The molecule has 0 atom stereocenters. The minimum absolute atomic E-state index is 1.08. The van der Waals surface area contributed by atoms with E-state index in [1.165, 1.54) is 92.8 Å². The summed E-state index contributed by atoms with van der Waals surface area (Å²) in [6.07, 6.45) is 0. The third-order valence-corrected chi connectivity index (χ3v) is 16.0. The number of para-hydroxylation sites is 4. The number of hydrogen-bond donors (Lipinski definition) is 0. The number of fused-ring (bicyclic) bond motifs is 10. The van der Waals surface area contributed by atoms with E-state index in [4.69, 9.17) is 0 Å². The second-order valence-electron chi connectivity index (χ2n) is 20.4. The second-order valence-corrected chi connectivity index (χ2v) is 20.4. The Morgan fingerprint density at radius 2 is 0.608 bits per heavy atom. The lowest BCUT2D eigenvalue weighted by molar-refractivity contribution is 1.18. The van der Waals surface area contributed by atoms with Gasteiger partial charge >= 0.3 is 0 Å². The fourth-order valence-corrected chi connectivity index (χ4v) is 12.2. The van der Waals surface area contributed by atoms with Crippen LogP contribution in [0.5, 0.6) is 0 Å². The molecule has 15 rings (SSSR count). The molecule has 1 aromatic heterocycles. The Morgan fingerprint density at radius 1 is 0.203 bits per heavy atom. The summed E-state index contributed by atoms with van der Waals surface area (Å²) >= 11 is 0. The molecule has 0 amide bonds. The fourth-order valence-electron chi connectivity index (χ4n) is 12.2. The molecule has 0 aliphatic rings. The summed E-state index contributed by atoms with van der Waals surface area (Å²) in [5.41, 5.74) is 17.3. The van der Waals surface area contributed by atoms with Crippen LogP contribution in [0.1, 0.15) is 0 Å². The summed E-state index contributed by atoms with van der Waals surface area (Å²) in [5, 5.41) is 12.4. The van der Waals surface area contributed by atoms with Crippen LogP contribution in [0.3, 0.4) is 0 Å². The van der Waals surface area contributed by atoms with Crippen molar-refractivity contribution in [3.8, 4) is 39.1 Å². The van der Waals surface area contributed by atoms with Crippen molar-refractivity contribution in [1.82, 2.24) is 4.57 Å². The predicted octanol–water partition coefficient (Wildman–Crippen LogP) is 21.3. The highest BCUT2D eigenvalue weighted by molar-refractivity contribution is 6.26. The molecule has 0 aliphatic carbocycles. The molecule has 0 N–H and O–H groups in total. The highest BCUT2D eigenvalue weighted by atomic mass is 15.1. The zero-order valence-electron chi connectivity index (χ0n) is 43.3. The minimum atomic E-state index is 1.08. The molecule has 0 saturated heterocycles. The zero-order chi connectivity index (χ0) is 52.2. The Bertz CT molecular complexity index is 4660. The van der Waals surface area contributed by atoms with Gasteiger partial charge in [-0.1, -0.05) is 212 Å². The van der Waals surface area contributed by atoms with Crippen molar-refractivity contribution in [3.63, 3.8) is 0 Å². The SMILES string of the molecule is c1ccc(N(c2ccccc2)c2ccc(-c3ccc(N(c4ccc(-c5ccc(-c6ccc7c(c6)c6ccccc6n7-c6ccccc6)cc5)cc4)c4ccc5c6ccccc6c6ccccc6c5c4)cc3)c3ccccc23)cc1. The minimum Gasteiger partial charge on any atom is -0.310 e. The van der Waals surface area contributed by atoms with Gasteiger partial charge < -0.3 is 14.4 Å². The molecule has 15 aromatic rings. The summed E-state index contributed by atoms with van der Waals surface area (Å²) in [7, 11) is 0. The van der Waals surface area contributed by atoms with Gasteiger partial charge in [0.15, 0.2) is 0 Å². The Hall–Kier alpha value is -10.5. The van der Waals surface area contributed by atoms with Crippen LogP contribution in [-0.4, -0.2) is 4.57 Å². The van der Waals surface area contributed by atoms with E-state index in [0.717, 1.165) is 45.3 Å². The van der Waals surface area contributed by atoms with E-state index in [0.29, 0.717) is 0 Å². The van der Waals surface area contributed by atoms with E-state index in [2.05, 4.69) is 324 Å². The van der Waals surface area contributed by atoms with Gasteiger partial charge in [-0.05, 0) is 168 Å². The van der Waals surface area contributed by atoms with Crippen molar-refractivity contribution in [2.45, 2.75) is 0 Å². The van der Waals surface area contributed by atoms with Gasteiger partial charge in [0, 0.05) is 50.3 Å². The Kier molecular flexibility index (Phi) is 11.2. The number of hydrogen-bond acceptors (Lipinski definition) is 2. The Balaban J connectivity index is 0.803. The maximum absolute atomic E-state index is 2.41. The predicted molar refractivity (Wildman–Crippen MR) is 336 cm³/mol. The molecule has 370 valence electrons. The fraction of sp³-hybridized carbons (Fsp3) is 0. The maximum atomic E-state index is 2.41. The van der Waals surface area contributed by atoms with Crippen LogP contribution in [0.4, 0.5) is 34.1 Å². The van der Waals surface area contributed by atoms with Gasteiger partial charge in [0.05, 0.1) is 16.7 Å². The van der Waals surface area contributed by atoms with Crippen LogP contribution < -0.4 is 9.80 Å². The Morgan fingerprint density at radius 3 is 1.20 bits per heavy atom. The number of benzene rings is 14. The molecule has 14 aromatic carbocycles. The van der Waals surface area contributed by atoms with E-state index in [1.807, 2.05) is 0 Å². The quantitative estimate of drug-likeness (QED) is 0.127. The van der Waals surface area contributed by atoms with Crippen molar-refractivity contribution < 1.29 is 0 Å². The van der Waals surface area contributed by atoms with Crippen LogP contribution in [-0.2, 0) is 0 Å². The molecular weight excluding hydrogens is 955 g/mol. The number of anilines is 6.